The van der Waals surface area contributed by atoms with Gasteiger partial charge in [-0.05, 0) is 24.5 Å². The lowest BCUT2D eigenvalue weighted by atomic mass is 9.77. The molecule has 2 aromatic carbocycles. The minimum Gasteiger partial charge on any atom is -0.443 e. The zero-order chi connectivity index (χ0) is 19.1. The highest BCUT2D eigenvalue weighted by atomic mass is 16.5. The second kappa shape index (κ2) is 6.79. The number of hydrogen-bond acceptors (Lipinski definition) is 3. The van der Waals surface area contributed by atoms with Crippen molar-refractivity contribution in [3.63, 3.8) is 0 Å². The van der Waals surface area contributed by atoms with E-state index in [0.717, 1.165) is 46.9 Å². The maximum atomic E-state index is 12.9. The summed E-state index contributed by atoms with van der Waals surface area (Å²) in [6.07, 6.45) is 2.25. The number of carbonyl (C=O) groups is 1. The number of benzene rings is 2. The molecule has 0 fully saturated rings. The fourth-order valence-corrected chi connectivity index (χ4v) is 4.38. The molecule has 28 heavy (non-hydrogen) atoms. The molecule has 3 aromatic rings. The first-order valence-corrected chi connectivity index (χ1v) is 9.82. The third-order valence-electron chi connectivity index (χ3n) is 5.64. The van der Waals surface area contributed by atoms with Gasteiger partial charge in [0.25, 0.3) is 0 Å². The van der Waals surface area contributed by atoms with Crippen molar-refractivity contribution in [1.82, 2.24) is 9.78 Å². The predicted molar refractivity (Wildman–Crippen MR) is 107 cm³/mol. The summed E-state index contributed by atoms with van der Waals surface area (Å²) in [6.45, 7) is 2.66. The van der Waals surface area contributed by atoms with Crippen LogP contribution in [-0.4, -0.2) is 15.6 Å². The summed E-state index contributed by atoms with van der Waals surface area (Å²) in [5.74, 6) is 1.71. The Morgan fingerprint density at radius 1 is 1.04 bits per heavy atom. The molecule has 0 saturated heterocycles. The average Bonchev–Trinajstić information content (AvgIpc) is 3.03. The van der Waals surface area contributed by atoms with E-state index in [1.165, 1.54) is 5.56 Å². The molecule has 1 aliphatic carbocycles. The Morgan fingerprint density at radius 2 is 1.75 bits per heavy atom. The van der Waals surface area contributed by atoms with Crippen molar-refractivity contribution in [2.45, 2.75) is 38.6 Å². The number of aryl methyl sites for hydroxylation is 1. The van der Waals surface area contributed by atoms with Crippen LogP contribution in [0.15, 0.2) is 72.0 Å². The number of ketones is 1. The SMILES string of the molecule is Cc1nn(Cc2ccccc2)c2c1[C@H](c1ccccc1)C1=C(CCCC1=O)O2. The molecule has 5 rings (SSSR count). The van der Waals surface area contributed by atoms with Gasteiger partial charge in [0, 0.05) is 29.9 Å². The van der Waals surface area contributed by atoms with Gasteiger partial charge in [-0.25, -0.2) is 4.68 Å². The van der Waals surface area contributed by atoms with Crippen molar-refractivity contribution < 1.29 is 9.53 Å². The van der Waals surface area contributed by atoms with Crippen LogP contribution >= 0.6 is 0 Å². The molecule has 2 heterocycles. The van der Waals surface area contributed by atoms with E-state index in [1.54, 1.807) is 0 Å². The van der Waals surface area contributed by atoms with Crippen LogP contribution in [0.1, 0.15) is 47.6 Å². The molecule has 1 aromatic heterocycles. The molecular formula is C24H22N2O2. The molecule has 140 valence electrons. The van der Waals surface area contributed by atoms with Crippen LogP contribution in [0.25, 0.3) is 0 Å². The Bertz CT molecular complexity index is 1060. The number of Topliss-reactive ketones (excluding diaryl/α,β-unsaturated/α-hetero) is 1. The second-order valence-electron chi connectivity index (χ2n) is 7.51. The molecule has 1 aliphatic heterocycles. The van der Waals surface area contributed by atoms with Crippen LogP contribution in [0.4, 0.5) is 0 Å². The van der Waals surface area contributed by atoms with Crippen molar-refractivity contribution >= 4 is 5.78 Å². The lowest BCUT2D eigenvalue weighted by molar-refractivity contribution is -0.116. The standard InChI is InChI=1S/C24H22N2O2/c1-16-21-22(18-11-6-3-7-12-18)23-19(27)13-8-14-20(23)28-24(21)26(25-16)15-17-9-4-2-5-10-17/h2-7,9-12,22H,8,13-15H2,1H3/t22-/m0/s1. The summed E-state index contributed by atoms with van der Waals surface area (Å²) in [5.41, 5.74) is 5.07. The maximum absolute atomic E-state index is 12.9. The predicted octanol–water partition coefficient (Wildman–Crippen LogP) is 4.77. The highest BCUT2D eigenvalue weighted by Gasteiger charge is 2.40. The topological polar surface area (TPSA) is 44.1 Å². The first-order valence-electron chi connectivity index (χ1n) is 9.82. The number of rotatable bonds is 3. The summed E-state index contributed by atoms with van der Waals surface area (Å²) < 4.78 is 8.28. The van der Waals surface area contributed by atoms with E-state index >= 15 is 0 Å². The molecule has 0 amide bonds. The van der Waals surface area contributed by atoms with Gasteiger partial charge >= 0.3 is 0 Å². The van der Waals surface area contributed by atoms with Gasteiger partial charge in [0.05, 0.1) is 12.2 Å². The maximum Gasteiger partial charge on any atom is 0.222 e. The molecule has 2 aliphatic rings. The van der Waals surface area contributed by atoms with Gasteiger partial charge in [-0.3, -0.25) is 4.79 Å². The molecule has 0 spiro atoms. The lowest BCUT2D eigenvalue weighted by Gasteiger charge is -2.31. The summed E-state index contributed by atoms with van der Waals surface area (Å²) in [7, 11) is 0. The van der Waals surface area contributed by atoms with E-state index in [1.807, 2.05) is 48.0 Å². The quantitative estimate of drug-likeness (QED) is 0.667. The lowest BCUT2D eigenvalue weighted by Crippen LogP contribution is -2.26. The summed E-state index contributed by atoms with van der Waals surface area (Å²) >= 11 is 0. The van der Waals surface area contributed by atoms with E-state index in [4.69, 9.17) is 9.84 Å². The van der Waals surface area contributed by atoms with Crippen molar-refractivity contribution in [1.29, 1.82) is 0 Å². The Labute approximate surface area is 164 Å². The summed E-state index contributed by atoms with van der Waals surface area (Å²) in [4.78, 5) is 12.9. The Morgan fingerprint density at radius 3 is 2.50 bits per heavy atom. The molecule has 4 nitrogen and oxygen atoms in total. The first kappa shape index (κ1) is 17.0. The summed E-state index contributed by atoms with van der Waals surface area (Å²) in [5, 5.41) is 4.80. The summed E-state index contributed by atoms with van der Waals surface area (Å²) in [6, 6.07) is 20.5. The molecule has 4 heteroatoms. The number of hydrogen-bond donors (Lipinski definition) is 0. The molecule has 0 radical (unpaired) electrons. The number of allylic oxidation sites excluding steroid dienone is 2. The van der Waals surface area contributed by atoms with Crippen LogP contribution in [0.5, 0.6) is 5.88 Å². The fourth-order valence-electron chi connectivity index (χ4n) is 4.38. The van der Waals surface area contributed by atoms with Crippen LogP contribution < -0.4 is 4.74 Å². The minimum absolute atomic E-state index is 0.0997. The van der Waals surface area contributed by atoms with Crippen LogP contribution in [-0.2, 0) is 11.3 Å². The molecule has 1 atom stereocenters. The van der Waals surface area contributed by atoms with Crippen molar-refractivity contribution in [2.24, 2.45) is 0 Å². The average molecular weight is 370 g/mol. The fraction of sp³-hybridized carbons (Fsp3) is 0.250. The largest absolute Gasteiger partial charge is 0.443 e. The zero-order valence-corrected chi connectivity index (χ0v) is 15.9. The van der Waals surface area contributed by atoms with Crippen molar-refractivity contribution in [3.8, 4) is 5.88 Å². The van der Waals surface area contributed by atoms with E-state index in [0.29, 0.717) is 13.0 Å². The second-order valence-corrected chi connectivity index (χ2v) is 7.51. The zero-order valence-electron chi connectivity index (χ0n) is 15.9. The van der Waals surface area contributed by atoms with Gasteiger partial charge in [-0.15, -0.1) is 0 Å². The Kier molecular flexibility index (Phi) is 4.12. The third kappa shape index (κ3) is 2.76. The first-order chi connectivity index (χ1) is 13.7. The molecular weight excluding hydrogens is 348 g/mol. The minimum atomic E-state index is -0.0997. The Hall–Kier alpha value is -3.14. The van der Waals surface area contributed by atoms with Gasteiger partial charge < -0.3 is 4.74 Å². The number of ether oxygens (including phenoxy) is 1. The highest BCUT2D eigenvalue weighted by molar-refractivity contribution is 5.99. The monoisotopic (exact) mass is 370 g/mol. The number of fused-ring (bicyclic) bond motifs is 1. The van der Waals surface area contributed by atoms with Gasteiger partial charge in [0.15, 0.2) is 5.78 Å². The smallest absolute Gasteiger partial charge is 0.222 e. The van der Waals surface area contributed by atoms with Crippen molar-refractivity contribution in [3.05, 3.63) is 94.4 Å². The van der Waals surface area contributed by atoms with Crippen LogP contribution in [0.3, 0.4) is 0 Å². The number of aromatic nitrogens is 2. The van der Waals surface area contributed by atoms with E-state index in [2.05, 4.69) is 24.3 Å². The number of nitrogens with zero attached hydrogens (tertiary/aromatic N) is 2. The van der Waals surface area contributed by atoms with Crippen molar-refractivity contribution in [2.75, 3.05) is 0 Å². The molecule has 0 bridgehead atoms. The van der Waals surface area contributed by atoms with Gasteiger partial charge in [-0.1, -0.05) is 60.7 Å². The van der Waals surface area contributed by atoms with E-state index in [-0.39, 0.29) is 11.7 Å². The van der Waals surface area contributed by atoms with Crippen LogP contribution in [0.2, 0.25) is 0 Å². The van der Waals surface area contributed by atoms with Gasteiger partial charge in [0.1, 0.15) is 5.76 Å². The van der Waals surface area contributed by atoms with E-state index in [9.17, 15) is 4.79 Å². The molecule has 0 saturated carbocycles. The third-order valence-corrected chi connectivity index (χ3v) is 5.64. The highest BCUT2D eigenvalue weighted by Crippen LogP contribution is 2.47. The van der Waals surface area contributed by atoms with Gasteiger partial charge in [-0.2, -0.15) is 5.10 Å². The Balaban J connectivity index is 1.67. The molecule has 0 N–H and O–H groups in total. The van der Waals surface area contributed by atoms with E-state index < -0.39 is 0 Å². The number of carbonyl (C=O) groups excluding carboxylic acids is 1. The molecule has 0 unspecified atom stereocenters. The van der Waals surface area contributed by atoms with Crippen LogP contribution in [0, 0.1) is 6.92 Å². The normalized spacial score (nSPS) is 18.5. The van der Waals surface area contributed by atoms with Gasteiger partial charge in [0.2, 0.25) is 5.88 Å².